The molecule has 150 valence electrons. The molecule has 6 rings (SSSR count). The molecule has 3 aliphatic rings. The summed E-state index contributed by atoms with van der Waals surface area (Å²) in [7, 11) is 0. The minimum atomic E-state index is -0.145. The molecule has 5 heterocycles. The van der Waals surface area contributed by atoms with E-state index in [1.54, 1.807) is 0 Å². The van der Waals surface area contributed by atoms with E-state index in [2.05, 4.69) is 26.2 Å². The third-order valence-electron chi connectivity index (χ3n) is 6.59. The second-order valence-electron chi connectivity index (χ2n) is 8.30. The van der Waals surface area contributed by atoms with Crippen LogP contribution in [-0.4, -0.2) is 59.0 Å². The van der Waals surface area contributed by atoms with Crippen molar-refractivity contribution in [2.45, 2.75) is 37.9 Å². The summed E-state index contributed by atoms with van der Waals surface area (Å²) in [5, 5.41) is 2.20. The van der Waals surface area contributed by atoms with Gasteiger partial charge in [-0.1, -0.05) is 12.1 Å². The Labute approximate surface area is 173 Å². The van der Waals surface area contributed by atoms with Crippen molar-refractivity contribution < 1.29 is 9.21 Å². The third kappa shape index (κ3) is 2.95. The van der Waals surface area contributed by atoms with Gasteiger partial charge in [-0.25, -0.2) is 0 Å². The van der Waals surface area contributed by atoms with E-state index in [-0.39, 0.29) is 11.9 Å². The topological polar surface area (TPSA) is 52.8 Å². The molecule has 7 heteroatoms. The predicted molar refractivity (Wildman–Crippen MR) is 113 cm³/mol. The van der Waals surface area contributed by atoms with Gasteiger partial charge in [-0.05, 0) is 48.4 Å². The maximum Gasteiger partial charge on any atom is 0.299 e. The van der Waals surface area contributed by atoms with Gasteiger partial charge < -0.3 is 14.2 Å². The van der Waals surface area contributed by atoms with E-state index in [0.29, 0.717) is 12.1 Å². The monoisotopic (exact) mass is 408 g/mol. The molecule has 1 aromatic carbocycles. The number of amides is 1. The first-order valence-corrected chi connectivity index (χ1v) is 11.3. The van der Waals surface area contributed by atoms with Crippen LogP contribution in [0.5, 0.6) is 0 Å². The van der Waals surface area contributed by atoms with Crippen molar-refractivity contribution in [2.75, 3.05) is 31.1 Å². The number of fused-ring (bicyclic) bond motifs is 2. The molecule has 1 amide bonds. The number of carbonyl (C=O) groups excluding carboxylic acids is 1. The normalized spacial score (nSPS) is 22.8. The van der Waals surface area contributed by atoms with Gasteiger partial charge in [0, 0.05) is 43.6 Å². The van der Waals surface area contributed by atoms with E-state index in [1.807, 2.05) is 40.5 Å². The highest BCUT2D eigenvalue weighted by Crippen LogP contribution is 2.32. The molecular formula is C22H24N4O2S. The van der Waals surface area contributed by atoms with Gasteiger partial charge >= 0.3 is 0 Å². The smallest absolute Gasteiger partial charge is 0.299 e. The molecule has 1 atom stereocenters. The van der Waals surface area contributed by atoms with Crippen LogP contribution in [0.2, 0.25) is 0 Å². The number of hydrogen-bond acceptors (Lipinski definition) is 6. The standard InChI is InChI=1S/C22H24N4O2S/c27-21(25-13-16(14-25)24-10-7-20-15(12-24)8-11-29-20)18-5-3-9-26(18)22-23-17-4-1-2-6-19(17)28-22/h1-2,4,6,8,11,16,18H,3,5,7,9-10,12-14H2. The van der Waals surface area contributed by atoms with Crippen molar-refractivity contribution >= 4 is 34.4 Å². The van der Waals surface area contributed by atoms with Crippen LogP contribution in [0, 0.1) is 0 Å². The molecule has 0 aliphatic carbocycles. The Hall–Kier alpha value is -2.38. The Kier molecular flexibility index (Phi) is 4.13. The highest BCUT2D eigenvalue weighted by atomic mass is 32.1. The SMILES string of the molecule is O=C(C1CCCN1c1nc2ccccc2o1)N1CC(N2CCc3sccc3C2)C1. The number of likely N-dealkylation sites (tertiary alicyclic amines) is 1. The first-order chi connectivity index (χ1) is 14.3. The van der Waals surface area contributed by atoms with Crippen LogP contribution in [0.4, 0.5) is 6.01 Å². The highest BCUT2D eigenvalue weighted by molar-refractivity contribution is 7.10. The van der Waals surface area contributed by atoms with Gasteiger partial charge in [-0.2, -0.15) is 4.98 Å². The predicted octanol–water partition coefficient (Wildman–Crippen LogP) is 3.13. The summed E-state index contributed by atoms with van der Waals surface area (Å²) >= 11 is 1.87. The Bertz CT molecular complexity index is 1020. The van der Waals surface area contributed by atoms with E-state index in [1.165, 1.54) is 10.4 Å². The van der Waals surface area contributed by atoms with Gasteiger partial charge in [0.05, 0.1) is 0 Å². The summed E-state index contributed by atoms with van der Waals surface area (Å²) in [6.07, 6.45) is 3.02. The molecule has 0 saturated carbocycles. The number of rotatable bonds is 3. The van der Waals surface area contributed by atoms with Gasteiger partial charge in [0.2, 0.25) is 5.91 Å². The molecular weight excluding hydrogens is 384 g/mol. The van der Waals surface area contributed by atoms with Gasteiger partial charge in [-0.15, -0.1) is 11.3 Å². The summed E-state index contributed by atoms with van der Waals surface area (Å²) in [4.78, 5) is 26.0. The first-order valence-electron chi connectivity index (χ1n) is 10.5. The molecule has 0 spiro atoms. The summed E-state index contributed by atoms with van der Waals surface area (Å²) in [5.41, 5.74) is 3.11. The lowest BCUT2D eigenvalue weighted by atomic mass is 10.0. The van der Waals surface area contributed by atoms with Crippen LogP contribution in [0.1, 0.15) is 23.3 Å². The average molecular weight is 409 g/mol. The van der Waals surface area contributed by atoms with Crippen molar-refractivity contribution in [2.24, 2.45) is 0 Å². The van der Waals surface area contributed by atoms with Gasteiger partial charge in [0.15, 0.2) is 5.58 Å². The molecule has 3 aromatic rings. The molecule has 2 saturated heterocycles. The number of thiophene rings is 1. The van der Waals surface area contributed by atoms with Gasteiger partial charge in [0.1, 0.15) is 11.6 Å². The molecule has 29 heavy (non-hydrogen) atoms. The Morgan fingerprint density at radius 2 is 2.07 bits per heavy atom. The molecule has 0 radical (unpaired) electrons. The molecule has 0 N–H and O–H groups in total. The Morgan fingerprint density at radius 1 is 1.17 bits per heavy atom. The Balaban J connectivity index is 1.12. The zero-order chi connectivity index (χ0) is 19.4. The fourth-order valence-corrected chi connectivity index (χ4v) is 5.78. The van der Waals surface area contributed by atoms with Crippen LogP contribution >= 0.6 is 11.3 Å². The molecule has 6 nitrogen and oxygen atoms in total. The van der Waals surface area contributed by atoms with Gasteiger partial charge in [-0.3, -0.25) is 9.69 Å². The van der Waals surface area contributed by atoms with Crippen LogP contribution in [-0.2, 0) is 17.8 Å². The number of benzene rings is 1. The van der Waals surface area contributed by atoms with Gasteiger partial charge in [0.25, 0.3) is 6.01 Å². The van der Waals surface area contributed by atoms with E-state index in [4.69, 9.17) is 4.42 Å². The second-order valence-corrected chi connectivity index (χ2v) is 9.30. The molecule has 1 unspecified atom stereocenters. The summed E-state index contributed by atoms with van der Waals surface area (Å²) in [6.45, 7) is 4.66. The Morgan fingerprint density at radius 3 is 2.97 bits per heavy atom. The van der Waals surface area contributed by atoms with Crippen molar-refractivity contribution in [3.8, 4) is 0 Å². The van der Waals surface area contributed by atoms with Crippen molar-refractivity contribution in [1.82, 2.24) is 14.8 Å². The number of carbonyl (C=O) groups is 1. The van der Waals surface area contributed by atoms with Crippen LogP contribution < -0.4 is 4.90 Å². The number of oxazole rings is 1. The molecule has 3 aliphatic heterocycles. The van der Waals surface area contributed by atoms with Crippen molar-refractivity contribution in [3.05, 3.63) is 46.2 Å². The van der Waals surface area contributed by atoms with Crippen LogP contribution in [0.25, 0.3) is 11.1 Å². The molecule has 2 fully saturated rings. The maximum absolute atomic E-state index is 13.2. The second kappa shape index (κ2) is 6.85. The zero-order valence-corrected chi connectivity index (χ0v) is 17.1. The lowest BCUT2D eigenvalue weighted by molar-refractivity contribution is -0.140. The van der Waals surface area contributed by atoms with Crippen molar-refractivity contribution in [3.63, 3.8) is 0 Å². The van der Waals surface area contributed by atoms with Crippen LogP contribution in [0.15, 0.2) is 40.1 Å². The van der Waals surface area contributed by atoms with E-state index in [9.17, 15) is 4.79 Å². The lowest BCUT2D eigenvalue weighted by Crippen LogP contribution is -2.64. The van der Waals surface area contributed by atoms with E-state index in [0.717, 1.165) is 63.1 Å². The average Bonchev–Trinajstić information content (AvgIpc) is 3.43. The zero-order valence-electron chi connectivity index (χ0n) is 16.3. The first kappa shape index (κ1) is 17.5. The lowest BCUT2D eigenvalue weighted by Gasteiger charge is -2.47. The minimum absolute atomic E-state index is 0.145. The largest absolute Gasteiger partial charge is 0.423 e. The summed E-state index contributed by atoms with van der Waals surface area (Å²) in [5.74, 6) is 0.231. The quantitative estimate of drug-likeness (QED) is 0.667. The third-order valence-corrected chi connectivity index (χ3v) is 7.62. The number of para-hydroxylation sites is 2. The summed E-state index contributed by atoms with van der Waals surface area (Å²) < 4.78 is 5.94. The number of nitrogens with zero attached hydrogens (tertiary/aromatic N) is 4. The number of aromatic nitrogens is 1. The fraction of sp³-hybridized carbons (Fsp3) is 0.455. The molecule has 2 aromatic heterocycles. The van der Waals surface area contributed by atoms with Crippen LogP contribution in [0.3, 0.4) is 0 Å². The van der Waals surface area contributed by atoms with E-state index < -0.39 is 0 Å². The molecule has 0 bridgehead atoms. The number of hydrogen-bond donors (Lipinski definition) is 0. The van der Waals surface area contributed by atoms with E-state index >= 15 is 0 Å². The number of anilines is 1. The minimum Gasteiger partial charge on any atom is -0.423 e. The fourth-order valence-electron chi connectivity index (χ4n) is 4.89. The maximum atomic E-state index is 13.2. The summed E-state index contributed by atoms with van der Waals surface area (Å²) in [6, 6.07) is 11.0. The highest BCUT2D eigenvalue weighted by Gasteiger charge is 2.42. The van der Waals surface area contributed by atoms with Crippen molar-refractivity contribution in [1.29, 1.82) is 0 Å².